The van der Waals surface area contributed by atoms with Crippen molar-refractivity contribution in [3.63, 3.8) is 0 Å². The number of aromatic nitrogens is 2. The van der Waals surface area contributed by atoms with Gasteiger partial charge in [0.1, 0.15) is 5.82 Å². The summed E-state index contributed by atoms with van der Waals surface area (Å²) < 4.78 is 39.8. The maximum atomic E-state index is 13.0. The Kier molecular flexibility index (Phi) is 3.19. The number of anilines is 1. The highest BCUT2D eigenvalue weighted by molar-refractivity contribution is 5.86. The van der Waals surface area contributed by atoms with Gasteiger partial charge in [-0.15, -0.1) is 0 Å². The molecule has 1 aliphatic heterocycles. The Labute approximate surface area is 107 Å². The van der Waals surface area contributed by atoms with Crippen molar-refractivity contribution >= 4 is 11.8 Å². The van der Waals surface area contributed by atoms with Gasteiger partial charge in [-0.05, 0) is 12.3 Å². The molecule has 0 aliphatic carbocycles. The second kappa shape index (κ2) is 4.43. The average molecular weight is 277 g/mol. The van der Waals surface area contributed by atoms with Crippen LogP contribution in [-0.2, 0) is 0 Å². The van der Waals surface area contributed by atoms with Gasteiger partial charge in [0.15, 0.2) is 11.7 Å². The summed E-state index contributed by atoms with van der Waals surface area (Å²) in [5.74, 6) is -1.24. The first kappa shape index (κ1) is 13.7. The molecule has 2 rings (SSSR count). The van der Waals surface area contributed by atoms with Crippen molar-refractivity contribution in [1.29, 1.82) is 0 Å². The summed E-state index contributed by atoms with van der Waals surface area (Å²) in [5, 5.41) is 15.3. The third-order valence-electron chi connectivity index (χ3n) is 3.24. The molecule has 0 amide bonds. The van der Waals surface area contributed by atoms with E-state index in [1.165, 1.54) is 0 Å². The van der Waals surface area contributed by atoms with Crippen molar-refractivity contribution in [2.24, 2.45) is 5.92 Å². The van der Waals surface area contributed by atoms with Crippen LogP contribution in [0.3, 0.4) is 0 Å². The molecular weight excluding hydrogens is 263 g/mol. The van der Waals surface area contributed by atoms with Crippen LogP contribution in [0.25, 0.3) is 0 Å². The van der Waals surface area contributed by atoms with Crippen LogP contribution < -0.4 is 5.32 Å². The van der Waals surface area contributed by atoms with Gasteiger partial charge >= 0.3 is 12.1 Å². The fourth-order valence-corrected chi connectivity index (χ4v) is 2.14. The molecule has 0 bridgehead atoms. The number of fused-ring (bicyclic) bond motifs is 1. The Morgan fingerprint density at radius 1 is 1.58 bits per heavy atom. The highest BCUT2D eigenvalue weighted by atomic mass is 19.4. The van der Waals surface area contributed by atoms with Crippen LogP contribution in [0.4, 0.5) is 19.0 Å². The van der Waals surface area contributed by atoms with Crippen molar-refractivity contribution in [3.05, 3.63) is 11.8 Å². The van der Waals surface area contributed by atoms with Gasteiger partial charge in [-0.1, -0.05) is 13.8 Å². The number of halogens is 3. The topological polar surface area (TPSA) is 67.2 Å². The van der Waals surface area contributed by atoms with Crippen molar-refractivity contribution in [3.8, 4) is 0 Å². The summed E-state index contributed by atoms with van der Waals surface area (Å²) in [6.07, 6.45) is -4.61. The SMILES string of the molecule is CC(C)[C@@H]1C[C@H](C(F)(F)F)n2nc(C(=O)O)cc2N1. The quantitative estimate of drug-likeness (QED) is 0.871. The maximum Gasteiger partial charge on any atom is 0.410 e. The zero-order chi connectivity index (χ0) is 14.4. The van der Waals surface area contributed by atoms with Gasteiger partial charge in [-0.25, -0.2) is 9.48 Å². The monoisotopic (exact) mass is 277 g/mol. The van der Waals surface area contributed by atoms with E-state index in [2.05, 4.69) is 10.4 Å². The molecule has 0 saturated heterocycles. The maximum absolute atomic E-state index is 13.0. The molecule has 0 saturated carbocycles. The van der Waals surface area contributed by atoms with Crippen molar-refractivity contribution < 1.29 is 23.1 Å². The van der Waals surface area contributed by atoms with Crippen LogP contribution in [0.2, 0.25) is 0 Å². The Morgan fingerprint density at radius 3 is 2.68 bits per heavy atom. The summed E-state index contributed by atoms with van der Waals surface area (Å²) in [7, 11) is 0. The standard InChI is InChI=1S/C11H14F3N3O2/c1-5(2)6-3-8(11(12,13)14)17-9(15-6)4-7(16-17)10(18)19/h4-6,8,15H,3H2,1-2H3,(H,18,19)/t6-,8+/m0/s1. The largest absolute Gasteiger partial charge is 0.476 e. The van der Waals surface area contributed by atoms with E-state index in [1.54, 1.807) is 0 Å². The molecule has 0 spiro atoms. The minimum absolute atomic E-state index is 0.00165. The lowest BCUT2D eigenvalue weighted by molar-refractivity contribution is -0.174. The van der Waals surface area contributed by atoms with E-state index in [9.17, 15) is 18.0 Å². The van der Waals surface area contributed by atoms with Crippen LogP contribution in [0.1, 0.15) is 36.8 Å². The zero-order valence-electron chi connectivity index (χ0n) is 10.4. The second-order valence-electron chi connectivity index (χ2n) is 4.95. The highest BCUT2D eigenvalue weighted by Gasteiger charge is 2.46. The number of hydrogen-bond donors (Lipinski definition) is 2. The molecule has 2 atom stereocenters. The van der Waals surface area contributed by atoms with E-state index in [1.807, 2.05) is 13.8 Å². The molecule has 1 aromatic rings. The molecule has 0 aromatic carbocycles. The van der Waals surface area contributed by atoms with E-state index >= 15 is 0 Å². The number of carboxylic acid groups (broad SMARTS) is 1. The third kappa shape index (κ3) is 2.52. The summed E-state index contributed by atoms with van der Waals surface area (Å²) in [5.41, 5.74) is -0.388. The number of carbonyl (C=O) groups is 1. The molecule has 1 aromatic heterocycles. The number of aromatic carboxylic acids is 1. The van der Waals surface area contributed by atoms with E-state index in [4.69, 9.17) is 5.11 Å². The minimum atomic E-state index is -4.45. The molecule has 0 fully saturated rings. The molecule has 0 radical (unpaired) electrons. The number of rotatable bonds is 2. The van der Waals surface area contributed by atoms with Gasteiger partial charge in [0.25, 0.3) is 0 Å². The fourth-order valence-electron chi connectivity index (χ4n) is 2.14. The Morgan fingerprint density at radius 2 is 2.21 bits per heavy atom. The van der Waals surface area contributed by atoms with Crippen molar-refractivity contribution in [2.75, 3.05) is 5.32 Å². The molecule has 2 heterocycles. The lowest BCUT2D eigenvalue weighted by Crippen LogP contribution is -2.41. The molecule has 19 heavy (non-hydrogen) atoms. The summed E-state index contributed by atoms with van der Waals surface area (Å²) in [4.78, 5) is 10.8. The van der Waals surface area contributed by atoms with Gasteiger partial charge < -0.3 is 10.4 Å². The van der Waals surface area contributed by atoms with Crippen LogP contribution in [-0.4, -0.2) is 33.1 Å². The van der Waals surface area contributed by atoms with Crippen LogP contribution in [0, 0.1) is 5.92 Å². The number of nitrogens with one attached hydrogen (secondary N) is 1. The highest BCUT2D eigenvalue weighted by Crippen LogP contribution is 2.40. The summed E-state index contributed by atoms with van der Waals surface area (Å²) in [6, 6.07) is -1.02. The minimum Gasteiger partial charge on any atom is -0.476 e. The van der Waals surface area contributed by atoms with Gasteiger partial charge in [-0.2, -0.15) is 18.3 Å². The van der Waals surface area contributed by atoms with Gasteiger partial charge in [0.05, 0.1) is 0 Å². The summed E-state index contributed by atoms with van der Waals surface area (Å²) in [6.45, 7) is 3.63. The summed E-state index contributed by atoms with van der Waals surface area (Å²) >= 11 is 0. The van der Waals surface area contributed by atoms with Crippen LogP contribution in [0.15, 0.2) is 6.07 Å². The van der Waals surface area contributed by atoms with Crippen LogP contribution in [0.5, 0.6) is 0 Å². The zero-order valence-corrected chi connectivity index (χ0v) is 10.4. The average Bonchev–Trinajstić information content (AvgIpc) is 2.69. The molecule has 106 valence electrons. The molecule has 0 unspecified atom stereocenters. The molecular formula is C11H14F3N3O2. The van der Waals surface area contributed by atoms with E-state index in [-0.39, 0.29) is 29.9 Å². The lowest BCUT2D eigenvalue weighted by Gasteiger charge is -2.35. The lowest BCUT2D eigenvalue weighted by atomic mass is 9.94. The predicted molar refractivity (Wildman–Crippen MR) is 61.1 cm³/mol. The second-order valence-corrected chi connectivity index (χ2v) is 4.95. The first-order chi connectivity index (χ1) is 8.70. The number of nitrogens with zero attached hydrogens (tertiary/aromatic N) is 2. The van der Waals surface area contributed by atoms with E-state index in [0.29, 0.717) is 0 Å². The van der Waals surface area contributed by atoms with E-state index in [0.717, 1.165) is 10.7 Å². The number of hydrogen-bond acceptors (Lipinski definition) is 3. The number of alkyl halides is 3. The predicted octanol–water partition coefficient (Wildman–Crippen LogP) is 2.52. The normalized spacial score (nSPS) is 23.1. The van der Waals surface area contributed by atoms with Gasteiger partial charge in [0, 0.05) is 12.1 Å². The first-order valence-corrected chi connectivity index (χ1v) is 5.86. The molecule has 1 aliphatic rings. The fraction of sp³-hybridized carbons (Fsp3) is 0.636. The number of carboxylic acids is 1. The van der Waals surface area contributed by atoms with Gasteiger partial charge in [-0.3, -0.25) is 0 Å². The van der Waals surface area contributed by atoms with Gasteiger partial charge in [0.2, 0.25) is 0 Å². The third-order valence-corrected chi connectivity index (χ3v) is 3.24. The first-order valence-electron chi connectivity index (χ1n) is 5.86. The van der Waals surface area contributed by atoms with Crippen molar-refractivity contribution in [1.82, 2.24) is 9.78 Å². The molecule has 8 heteroatoms. The Hall–Kier alpha value is -1.73. The molecule has 2 N–H and O–H groups in total. The van der Waals surface area contributed by atoms with Crippen molar-refractivity contribution in [2.45, 2.75) is 38.5 Å². The van der Waals surface area contributed by atoms with E-state index < -0.39 is 18.2 Å². The molecule has 5 nitrogen and oxygen atoms in total. The van der Waals surface area contributed by atoms with Crippen LogP contribution >= 0.6 is 0 Å². The Bertz CT molecular complexity index is 496. The Balaban J connectivity index is 2.44. The smallest absolute Gasteiger partial charge is 0.410 e.